The largest absolute Gasteiger partial charge is 0.480 e. The molecular formula is C25H20F2N6O3S. The normalized spacial score (nSPS) is 11.5. The molecule has 0 atom stereocenters. The minimum Gasteiger partial charge on any atom is -0.480 e. The number of nitrogens with two attached hydrogens (primary N) is 1. The second-order valence-corrected chi connectivity index (χ2v) is 9.69. The number of aromatic nitrogens is 4. The number of nitrogens with zero attached hydrogens (tertiary/aromatic N) is 4. The molecule has 12 heteroatoms. The first-order valence-electron chi connectivity index (χ1n) is 10.9. The average Bonchev–Trinajstić information content (AvgIpc) is 3.18. The molecule has 3 N–H and O–H groups in total. The SMILES string of the molecule is COc1ncc(-c2ccc3nc(N)n(Cc4ccccn4)c3c2)cc1NS(=O)(=O)c1ccc(F)cc1F. The van der Waals surface area contributed by atoms with Gasteiger partial charge < -0.3 is 15.0 Å². The van der Waals surface area contributed by atoms with Gasteiger partial charge in [-0.2, -0.15) is 0 Å². The van der Waals surface area contributed by atoms with Gasteiger partial charge in [0.15, 0.2) is 0 Å². The molecule has 0 spiro atoms. The molecule has 0 saturated carbocycles. The predicted molar refractivity (Wildman–Crippen MR) is 134 cm³/mol. The van der Waals surface area contributed by atoms with E-state index in [1.165, 1.54) is 19.4 Å². The van der Waals surface area contributed by atoms with Crippen LogP contribution in [0.25, 0.3) is 22.2 Å². The van der Waals surface area contributed by atoms with Gasteiger partial charge in [-0.1, -0.05) is 12.1 Å². The van der Waals surface area contributed by atoms with Crippen LogP contribution in [0, 0.1) is 11.6 Å². The van der Waals surface area contributed by atoms with Gasteiger partial charge in [0.1, 0.15) is 22.2 Å². The summed E-state index contributed by atoms with van der Waals surface area (Å²) in [7, 11) is -3.09. The van der Waals surface area contributed by atoms with Crippen molar-refractivity contribution in [1.82, 2.24) is 19.5 Å². The Balaban J connectivity index is 1.54. The highest BCUT2D eigenvalue weighted by molar-refractivity contribution is 7.92. The molecule has 3 heterocycles. The van der Waals surface area contributed by atoms with Crippen LogP contribution in [0.5, 0.6) is 5.88 Å². The van der Waals surface area contributed by atoms with Gasteiger partial charge in [-0.3, -0.25) is 9.71 Å². The number of nitrogen functional groups attached to an aromatic ring is 1. The number of methoxy groups -OCH3 is 1. The molecule has 2 aromatic carbocycles. The van der Waals surface area contributed by atoms with Crippen LogP contribution < -0.4 is 15.2 Å². The average molecular weight is 523 g/mol. The van der Waals surface area contributed by atoms with E-state index in [-0.39, 0.29) is 11.6 Å². The molecule has 5 rings (SSSR count). The summed E-state index contributed by atoms with van der Waals surface area (Å²) in [6, 6.07) is 14.7. The summed E-state index contributed by atoms with van der Waals surface area (Å²) in [5.41, 5.74) is 9.59. The van der Waals surface area contributed by atoms with E-state index >= 15 is 0 Å². The molecular weight excluding hydrogens is 502 g/mol. The summed E-state index contributed by atoms with van der Waals surface area (Å²) in [6.45, 7) is 0.405. The Labute approximate surface area is 210 Å². The third kappa shape index (κ3) is 4.78. The lowest BCUT2D eigenvalue weighted by atomic mass is 10.1. The minimum atomic E-state index is -4.41. The quantitative estimate of drug-likeness (QED) is 0.328. The van der Waals surface area contributed by atoms with Gasteiger partial charge in [0.25, 0.3) is 10.0 Å². The number of benzene rings is 2. The predicted octanol–water partition coefficient (Wildman–Crippen LogP) is 4.21. The van der Waals surface area contributed by atoms with Crippen molar-refractivity contribution < 1.29 is 21.9 Å². The highest BCUT2D eigenvalue weighted by Gasteiger charge is 2.22. The molecule has 5 aromatic rings. The first kappa shape index (κ1) is 24.1. The molecule has 0 fully saturated rings. The molecule has 0 amide bonds. The Bertz CT molecular complexity index is 1730. The summed E-state index contributed by atoms with van der Waals surface area (Å²) in [5, 5.41) is 0. The van der Waals surface area contributed by atoms with E-state index in [1.54, 1.807) is 18.3 Å². The Morgan fingerprint density at radius 1 is 1.03 bits per heavy atom. The Morgan fingerprint density at radius 3 is 2.59 bits per heavy atom. The Kier molecular flexibility index (Phi) is 6.17. The van der Waals surface area contributed by atoms with Gasteiger partial charge >= 0.3 is 0 Å². The number of anilines is 2. The van der Waals surface area contributed by atoms with Gasteiger partial charge in [-0.25, -0.2) is 27.2 Å². The number of sulfonamides is 1. The smallest absolute Gasteiger partial charge is 0.264 e. The van der Waals surface area contributed by atoms with E-state index in [2.05, 4.69) is 19.7 Å². The number of fused-ring (bicyclic) bond motifs is 1. The number of hydrogen-bond acceptors (Lipinski definition) is 7. The molecule has 0 aliphatic carbocycles. The topological polar surface area (TPSA) is 125 Å². The van der Waals surface area contributed by atoms with Crippen molar-refractivity contribution in [2.75, 3.05) is 17.6 Å². The number of rotatable bonds is 7. The summed E-state index contributed by atoms with van der Waals surface area (Å²) in [4.78, 5) is 12.2. The maximum Gasteiger partial charge on any atom is 0.264 e. The van der Waals surface area contributed by atoms with Crippen LogP contribution in [0.3, 0.4) is 0 Å². The van der Waals surface area contributed by atoms with Crippen LogP contribution in [0.1, 0.15) is 5.69 Å². The van der Waals surface area contributed by atoms with Crippen LogP contribution >= 0.6 is 0 Å². The molecule has 188 valence electrons. The highest BCUT2D eigenvalue weighted by Crippen LogP contribution is 2.32. The van der Waals surface area contributed by atoms with Gasteiger partial charge in [0.05, 0.1) is 30.4 Å². The third-order valence-corrected chi connectivity index (χ3v) is 7.03. The zero-order valence-electron chi connectivity index (χ0n) is 19.4. The fraction of sp³-hybridized carbons (Fsp3) is 0.0800. The van der Waals surface area contributed by atoms with Crippen LogP contribution in [-0.2, 0) is 16.6 Å². The van der Waals surface area contributed by atoms with Crippen molar-refractivity contribution >= 4 is 32.7 Å². The van der Waals surface area contributed by atoms with Gasteiger partial charge in [-0.05, 0) is 48.0 Å². The van der Waals surface area contributed by atoms with E-state index in [0.29, 0.717) is 35.2 Å². The van der Waals surface area contributed by atoms with E-state index in [4.69, 9.17) is 10.5 Å². The lowest BCUT2D eigenvalue weighted by Crippen LogP contribution is -2.15. The Hall–Kier alpha value is -4.58. The molecule has 0 saturated heterocycles. The Morgan fingerprint density at radius 2 is 1.86 bits per heavy atom. The number of hydrogen-bond donors (Lipinski definition) is 2. The maximum atomic E-state index is 14.2. The third-order valence-electron chi connectivity index (χ3n) is 5.63. The highest BCUT2D eigenvalue weighted by atomic mass is 32.2. The number of pyridine rings is 2. The second-order valence-electron chi connectivity index (χ2n) is 8.04. The van der Waals surface area contributed by atoms with Crippen molar-refractivity contribution in [2.24, 2.45) is 0 Å². The minimum absolute atomic E-state index is 0.0228. The number of imidazole rings is 1. The monoisotopic (exact) mass is 522 g/mol. The first-order valence-corrected chi connectivity index (χ1v) is 12.4. The lowest BCUT2D eigenvalue weighted by molar-refractivity contribution is 0.400. The zero-order chi connectivity index (χ0) is 26.2. The van der Waals surface area contributed by atoms with E-state index in [0.717, 1.165) is 23.3 Å². The fourth-order valence-electron chi connectivity index (χ4n) is 3.88. The van der Waals surface area contributed by atoms with E-state index < -0.39 is 26.6 Å². The first-order chi connectivity index (χ1) is 17.7. The summed E-state index contributed by atoms with van der Waals surface area (Å²) >= 11 is 0. The molecule has 37 heavy (non-hydrogen) atoms. The second kappa shape index (κ2) is 9.47. The van der Waals surface area contributed by atoms with E-state index in [1.807, 2.05) is 28.8 Å². The molecule has 9 nitrogen and oxygen atoms in total. The van der Waals surface area contributed by atoms with Crippen molar-refractivity contribution in [3.63, 3.8) is 0 Å². The number of ether oxygens (including phenoxy) is 1. The van der Waals surface area contributed by atoms with Crippen molar-refractivity contribution in [3.05, 3.63) is 90.4 Å². The number of nitrogens with one attached hydrogen (secondary N) is 1. The molecule has 0 aliphatic rings. The zero-order valence-corrected chi connectivity index (χ0v) is 20.2. The van der Waals surface area contributed by atoms with Crippen LogP contribution in [0.15, 0.2) is 78.0 Å². The maximum absolute atomic E-state index is 14.2. The van der Waals surface area contributed by atoms with E-state index in [9.17, 15) is 17.2 Å². The van der Waals surface area contributed by atoms with Crippen LogP contribution in [0.2, 0.25) is 0 Å². The summed E-state index contributed by atoms with van der Waals surface area (Å²) in [5.74, 6) is -1.82. The van der Waals surface area contributed by atoms with Gasteiger partial charge in [0.2, 0.25) is 11.8 Å². The molecule has 0 bridgehead atoms. The van der Waals surface area contributed by atoms with Gasteiger partial charge in [0, 0.05) is 24.0 Å². The van der Waals surface area contributed by atoms with Crippen LogP contribution in [-0.4, -0.2) is 35.0 Å². The fourth-order valence-corrected chi connectivity index (χ4v) is 4.99. The van der Waals surface area contributed by atoms with Crippen molar-refractivity contribution in [1.29, 1.82) is 0 Å². The molecule has 0 unspecified atom stereocenters. The van der Waals surface area contributed by atoms with Gasteiger partial charge in [-0.15, -0.1) is 0 Å². The van der Waals surface area contributed by atoms with Crippen molar-refractivity contribution in [2.45, 2.75) is 11.4 Å². The standard InChI is InChI=1S/C25H20F2N6O3S/c1-36-24-21(32-37(34,35)23-8-6-17(26)12-19(23)27)10-16(13-30-24)15-5-7-20-22(11-15)33(25(28)31-20)14-18-4-2-3-9-29-18/h2-13,32H,14H2,1H3,(H2,28,31). The summed E-state index contributed by atoms with van der Waals surface area (Å²) < 4.78 is 62.5. The lowest BCUT2D eigenvalue weighted by Gasteiger charge is -2.13. The number of halogens is 2. The van der Waals surface area contributed by atoms with Crippen LogP contribution in [0.4, 0.5) is 20.4 Å². The van der Waals surface area contributed by atoms with Crippen molar-refractivity contribution in [3.8, 4) is 17.0 Å². The molecule has 0 aliphatic heterocycles. The molecule has 0 radical (unpaired) electrons. The summed E-state index contributed by atoms with van der Waals surface area (Å²) in [6.07, 6.45) is 3.21. The molecule has 3 aromatic heterocycles.